The van der Waals surface area contributed by atoms with E-state index in [0.29, 0.717) is 26.4 Å². The van der Waals surface area contributed by atoms with Crippen LogP contribution in [0.3, 0.4) is 0 Å². The lowest BCUT2D eigenvalue weighted by molar-refractivity contribution is -0.130. The molecule has 2 aromatic rings. The summed E-state index contributed by atoms with van der Waals surface area (Å²) < 4.78 is 16.8. The van der Waals surface area contributed by atoms with E-state index in [0.717, 1.165) is 0 Å². The summed E-state index contributed by atoms with van der Waals surface area (Å²) in [5.74, 6) is 1.12. The smallest absolute Gasteiger partial charge is 0.284 e. The van der Waals surface area contributed by atoms with Gasteiger partial charge in [0.15, 0.2) is 23.0 Å². The normalized spacial score (nSPS) is 15.8. The van der Waals surface area contributed by atoms with Gasteiger partial charge in [-0.15, -0.1) is 0 Å². The molecule has 2 N–H and O–H groups in total. The molecule has 130 valence electrons. The van der Waals surface area contributed by atoms with Crippen LogP contribution in [-0.4, -0.2) is 37.0 Å². The number of carbonyl (C=O) groups excluding carboxylic acids is 1. The van der Waals surface area contributed by atoms with E-state index < -0.39 is 12.0 Å². The summed E-state index contributed by atoms with van der Waals surface area (Å²) in [6, 6.07) is 10.5. The number of amides is 1. The summed E-state index contributed by atoms with van der Waals surface area (Å²) in [5.41, 5.74) is 3.09. The second-order valence-electron chi connectivity index (χ2n) is 5.15. The molecule has 0 unspecified atom stereocenters. The van der Waals surface area contributed by atoms with Gasteiger partial charge in [0.2, 0.25) is 6.10 Å². The number of fused-ring (bicyclic) bond motifs is 1. The number of phenols is 1. The molecular formula is C17H15IN2O5. The minimum atomic E-state index is -0.776. The van der Waals surface area contributed by atoms with E-state index in [-0.39, 0.29) is 12.4 Å². The van der Waals surface area contributed by atoms with Crippen LogP contribution in [0.4, 0.5) is 0 Å². The molecule has 25 heavy (non-hydrogen) atoms. The van der Waals surface area contributed by atoms with Crippen LogP contribution >= 0.6 is 22.6 Å². The molecule has 0 radical (unpaired) electrons. The van der Waals surface area contributed by atoms with Gasteiger partial charge in [0, 0.05) is 0 Å². The standard InChI is InChI=1S/C17H15IN2O5/c1-23-14-7-10(6-11(18)16(14)21)8-19-20-17(22)15-9-24-12-4-2-3-5-13(12)25-15/h2-8,15,21H,9H2,1H3,(H,20,22)/b19-8+/t15-/m1/s1. The first kappa shape index (κ1) is 17.3. The molecule has 1 aliphatic heterocycles. The van der Waals surface area contributed by atoms with Gasteiger partial charge in [0.1, 0.15) is 6.61 Å². The van der Waals surface area contributed by atoms with Gasteiger partial charge in [0.05, 0.1) is 16.9 Å². The van der Waals surface area contributed by atoms with Gasteiger partial charge in [-0.2, -0.15) is 5.10 Å². The molecule has 1 aliphatic rings. The first-order valence-corrected chi connectivity index (χ1v) is 8.44. The summed E-state index contributed by atoms with van der Waals surface area (Å²) in [4.78, 5) is 12.1. The van der Waals surface area contributed by atoms with Gasteiger partial charge < -0.3 is 19.3 Å². The molecule has 0 saturated heterocycles. The van der Waals surface area contributed by atoms with Gasteiger partial charge in [-0.05, 0) is 52.4 Å². The topological polar surface area (TPSA) is 89.4 Å². The van der Waals surface area contributed by atoms with Crippen molar-refractivity contribution in [2.75, 3.05) is 13.7 Å². The van der Waals surface area contributed by atoms with Crippen molar-refractivity contribution < 1.29 is 24.1 Å². The number of carbonyl (C=O) groups is 1. The number of nitrogens with one attached hydrogen (secondary N) is 1. The lowest BCUT2D eigenvalue weighted by Crippen LogP contribution is -2.42. The van der Waals surface area contributed by atoms with Crippen molar-refractivity contribution in [2.24, 2.45) is 5.10 Å². The third-order valence-corrected chi connectivity index (χ3v) is 4.28. The highest BCUT2D eigenvalue weighted by molar-refractivity contribution is 14.1. The number of hydrogen-bond donors (Lipinski definition) is 2. The Morgan fingerprint density at radius 3 is 2.92 bits per heavy atom. The van der Waals surface area contributed by atoms with Crippen LogP contribution in [0.25, 0.3) is 0 Å². The van der Waals surface area contributed by atoms with Gasteiger partial charge >= 0.3 is 0 Å². The minimum absolute atomic E-state index is 0.0655. The maximum Gasteiger partial charge on any atom is 0.284 e. The Morgan fingerprint density at radius 2 is 2.16 bits per heavy atom. The molecule has 8 heteroatoms. The van der Waals surface area contributed by atoms with Crippen molar-refractivity contribution >= 4 is 34.7 Å². The summed E-state index contributed by atoms with van der Waals surface area (Å²) >= 11 is 1.98. The SMILES string of the molecule is COc1cc(/C=N/NC(=O)[C@H]2COc3ccccc3O2)cc(I)c1O. The van der Waals surface area contributed by atoms with Crippen LogP contribution in [0.15, 0.2) is 41.5 Å². The van der Waals surface area contributed by atoms with E-state index in [1.807, 2.05) is 28.7 Å². The van der Waals surface area contributed by atoms with E-state index in [9.17, 15) is 9.90 Å². The van der Waals surface area contributed by atoms with Crippen molar-refractivity contribution in [3.8, 4) is 23.0 Å². The zero-order valence-electron chi connectivity index (χ0n) is 13.2. The first-order chi connectivity index (χ1) is 12.1. The molecule has 0 bridgehead atoms. The molecule has 0 spiro atoms. The predicted octanol–water partition coefficient (Wildman–Crippen LogP) is 2.30. The van der Waals surface area contributed by atoms with Crippen LogP contribution in [0.5, 0.6) is 23.0 Å². The number of para-hydroxylation sites is 2. The maximum atomic E-state index is 12.1. The largest absolute Gasteiger partial charge is 0.504 e. The number of ether oxygens (including phenoxy) is 3. The van der Waals surface area contributed by atoms with Crippen molar-refractivity contribution in [2.45, 2.75) is 6.10 Å². The monoisotopic (exact) mass is 454 g/mol. The number of phenolic OH excluding ortho intramolecular Hbond substituents is 1. The highest BCUT2D eigenvalue weighted by Gasteiger charge is 2.26. The quantitative estimate of drug-likeness (QED) is 0.421. The fraction of sp³-hybridized carbons (Fsp3) is 0.176. The minimum Gasteiger partial charge on any atom is -0.504 e. The van der Waals surface area contributed by atoms with E-state index in [1.165, 1.54) is 13.3 Å². The third kappa shape index (κ3) is 3.95. The molecular weight excluding hydrogens is 439 g/mol. The molecule has 0 fully saturated rings. The van der Waals surface area contributed by atoms with Crippen molar-refractivity contribution in [1.82, 2.24) is 5.43 Å². The Balaban J connectivity index is 1.63. The van der Waals surface area contributed by atoms with Crippen molar-refractivity contribution in [3.05, 3.63) is 45.5 Å². The summed E-state index contributed by atoms with van der Waals surface area (Å²) in [6.07, 6.45) is 0.682. The molecule has 2 aromatic carbocycles. The lowest BCUT2D eigenvalue weighted by atomic mass is 10.2. The summed E-state index contributed by atoms with van der Waals surface area (Å²) in [6.45, 7) is 0.114. The molecule has 0 aliphatic carbocycles. The number of aromatic hydroxyl groups is 1. The second-order valence-corrected chi connectivity index (χ2v) is 6.31. The maximum absolute atomic E-state index is 12.1. The van der Waals surface area contributed by atoms with Crippen molar-refractivity contribution in [1.29, 1.82) is 0 Å². The van der Waals surface area contributed by atoms with Crippen LogP contribution in [0, 0.1) is 3.57 Å². The van der Waals surface area contributed by atoms with Crippen LogP contribution in [-0.2, 0) is 4.79 Å². The number of methoxy groups -OCH3 is 1. The Labute approximate surface area is 157 Å². The number of nitrogens with zero attached hydrogens (tertiary/aromatic N) is 1. The average molecular weight is 454 g/mol. The molecule has 3 rings (SSSR count). The summed E-state index contributed by atoms with van der Waals surface area (Å²) in [5, 5.41) is 13.7. The Kier molecular flexibility index (Phi) is 5.27. The number of rotatable bonds is 4. The van der Waals surface area contributed by atoms with E-state index in [4.69, 9.17) is 14.2 Å². The Morgan fingerprint density at radius 1 is 1.40 bits per heavy atom. The van der Waals surface area contributed by atoms with Gasteiger partial charge in [-0.3, -0.25) is 4.79 Å². The highest BCUT2D eigenvalue weighted by Crippen LogP contribution is 2.32. The van der Waals surface area contributed by atoms with Gasteiger partial charge in [0.25, 0.3) is 5.91 Å². The van der Waals surface area contributed by atoms with Gasteiger partial charge in [-0.1, -0.05) is 12.1 Å². The van der Waals surface area contributed by atoms with E-state index in [1.54, 1.807) is 30.3 Å². The number of halogens is 1. The zero-order chi connectivity index (χ0) is 17.8. The van der Waals surface area contributed by atoms with Crippen LogP contribution in [0.2, 0.25) is 0 Å². The number of hydrogen-bond acceptors (Lipinski definition) is 6. The fourth-order valence-electron chi connectivity index (χ4n) is 2.22. The molecule has 1 atom stereocenters. The predicted molar refractivity (Wildman–Crippen MR) is 99.5 cm³/mol. The highest BCUT2D eigenvalue weighted by atomic mass is 127. The number of hydrazone groups is 1. The lowest BCUT2D eigenvalue weighted by Gasteiger charge is -2.24. The van der Waals surface area contributed by atoms with Crippen LogP contribution in [0.1, 0.15) is 5.56 Å². The van der Waals surface area contributed by atoms with Crippen molar-refractivity contribution in [3.63, 3.8) is 0 Å². The molecule has 1 heterocycles. The number of benzene rings is 2. The Bertz CT molecular complexity index is 825. The van der Waals surface area contributed by atoms with E-state index in [2.05, 4.69) is 10.5 Å². The summed E-state index contributed by atoms with van der Waals surface area (Å²) in [7, 11) is 1.46. The Hall–Kier alpha value is -2.49. The van der Waals surface area contributed by atoms with Crippen LogP contribution < -0.4 is 19.6 Å². The molecule has 1 amide bonds. The molecule has 0 aromatic heterocycles. The zero-order valence-corrected chi connectivity index (χ0v) is 15.4. The van der Waals surface area contributed by atoms with Gasteiger partial charge in [-0.25, -0.2) is 5.43 Å². The average Bonchev–Trinajstić information content (AvgIpc) is 2.63. The third-order valence-electron chi connectivity index (χ3n) is 3.46. The fourth-order valence-corrected chi connectivity index (χ4v) is 2.84. The second kappa shape index (κ2) is 7.60. The van der Waals surface area contributed by atoms with E-state index >= 15 is 0 Å². The first-order valence-electron chi connectivity index (χ1n) is 7.36. The molecule has 7 nitrogen and oxygen atoms in total. The molecule has 0 saturated carbocycles.